The Morgan fingerprint density at radius 3 is 2.64 bits per heavy atom. The minimum Gasteiger partial charge on any atom is -0.367 e. The van der Waals surface area contributed by atoms with E-state index in [9.17, 15) is 18.0 Å². The molecule has 2 aromatic heterocycles. The summed E-state index contributed by atoms with van der Waals surface area (Å²) in [5.74, 6) is -0.804. The highest BCUT2D eigenvalue weighted by molar-refractivity contribution is 6.14. The Labute approximate surface area is 189 Å². The molecular formula is C22H24F3N7O. The second-order valence-corrected chi connectivity index (χ2v) is 8.22. The molecule has 0 unspecified atom stereocenters. The number of halogens is 3. The van der Waals surface area contributed by atoms with Crippen molar-refractivity contribution < 1.29 is 18.0 Å². The average molecular weight is 459 g/mol. The number of alkyl halides is 3. The van der Waals surface area contributed by atoms with Crippen LogP contribution in [0.2, 0.25) is 0 Å². The zero-order valence-electron chi connectivity index (χ0n) is 18.7. The van der Waals surface area contributed by atoms with E-state index in [2.05, 4.69) is 44.0 Å². The molecule has 0 saturated carbocycles. The summed E-state index contributed by atoms with van der Waals surface area (Å²) in [5.41, 5.74) is 2.52. The average Bonchev–Trinajstić information content (AvgIpc) is 3.39. The van der Waals surface area contributed by atoms with E-state index in [1.54, 1.807) is 0 Å². The van der Waals surface area contributed by atoms with Gasteiger partial charge < -0.3 is 15.1 Å². The monoisotopic (exact) mass is 459 g/mol. The van der Waals surface area contributed by atoms with Gasteiger partial charge in [-0.2, -0.15) is 13.2 Å². The van der Waals surface area contributed by atoms with E-state index in [1.165, 1.54) is 25.7 Å². The van der Waals surface area contributed by atoms with Crippen molar-refractivity contribution in [2.45, 2.75) is 39.4 Å². The Balaban J connectivity index is 1.57. The number of nitrogens with one attached hydrogen (secondary N) is 1. The number of fused-ring (bicyclic) bond motifs is 1. The smallest absolute Gasteiger partial charge is 0.367 e. The molecule has 4 rings (SSSR count). The zero-order valence-corrected chi connectivity index (χ0v) is 18.7. The SMILES string of the molecule is CC(=O)N(C)c1cnc(NC2=NCC(c3cc4c(cn3)N(C(C)C)CC4)=N2)c(C(F)(F)F)c1. The number of guanidine groups is 1. The standard InChI is InChI=1S/C22H24F3N7O/c1-12(2)32-6-5-14-7-17(26-11-19(14)32)18-10-28-21(29-18)30-20-16(22(23,24)25)8-15(9-27-20)31(4)13(3)33/h7-9,11-12H,5-6,10H2,1-4H3,(H,27,28,30). The number of hydrogen-bond donors (Lipinski definition) is 1. The Hall–Kier alpha value is -3.50. The highest BCUT2D eigenvalue weighted by atomic mass is 19.4. The van der Waals surface area contributed by atoms with Crippen molar-refractivity contribution >= 4 is 34.8 Å². The molecule has 1 amide bonds. The maximum Gasteiger partial charge on any atom is 0.420 e. The van der Waals surface area contributed by atoms with E-state index in [0.29, 0.717) is 17.4 Å². The van der Waals surface area contributed by atoms with Crippen molar-refractivity contribution in [2.75, 3.05) is 35.3 Å². The molecule has 0 fully saturated rings. The Kier molecular flexibility index (Phi) is 5.81. The van der Waals surface area contributed by atoms with Gasteiger partial charge >= 0.3 is 6.18 Å². The van der Waals surface area contributed by atoms with E-state index >= 15 is 0 Å². The summed E-state index contributed by atoms with van der Waals surface area (Å²) >= 11 is 0. The molecule has 33 heavy (non-hydrogen) atoms. The number of carbonyl (C=O) groups excluding carboxylic acids is 1. The number of nitrogens with zero attached hydrogens (tertiary/aromatic N) is 6. The van der Waals surface area contributed by atoms with E-state index in [0.717, 1.165) is 29.6 Å². The lowest BCUT2D eigenvalue weighted by Gasteiger charge is -2.23. The number of carbonyl (C=O) groups is 1. The maximum atomic E-state index is 13.7. The topological polar surface area (TPSA) is 86.1 Å². The van der Waals surface area contributed by atoms with Crippen LogP contribution in [-0.4, -0.2) is 53.7 Å². The zero-order chi connectivity index (χ0) is 23.9. The van der Waals surface area contributed by atoms with E-state index < -0.39 is 23.5 Å². The van der Waals surface area contributed by atoms with Crippen molar-refractivity contribution in [1.29, 1.82) is 0 Å². The van der Waals surface area contributed by atoms with E-state index in [1.807, 2.05) is 12.3 Å². The summed E-state index contributed by atoms with van der Waals surface area (Å²) in [6, 6.07) is 3.22. The largest absolute Gasteiger partial charge is 0.420 e. The Morgan fingerprint density at radius 2 is 1.97 bits per heavy atom. The first-order chi connectivity index (χ1) is 15.5. The van der Waals surface area contributed by atoms with Gasteiger partial charge in [0.1, 0.15) is 11.4 Å². The summed E-state index contributed by atoms with van der Waals surface area (Å²) in [7, 11) is 1.38. The third-order valence-electron chi connectivity index (χ3n) is 5.70. The third-order valence-corrected chi connectivity index (χ3v) is 5.70. The Morgan fingerprint density at radius 1 is 1.21 bits per heavy atom. The second-order valence-electron chi connectivity index (χ2n) is 8.22. The number of amides is 1. The predicted octanol–water partition coefficient (Wildman–Crippen LogP) is 3.52. The fourth-order valence-corrected chi connectivity index (χ4v) is 3.80. The van der Waals surface area contributed by atoms with Crippen molar-refractivity contribution in [3.63, 3.8) is 0 Å². The fraction of sp³-hybridized carbons (Fsp3) is 0.409. The summed E-state index contributed by atoms with van der Waals surface area (Å²) in [5, 5.41) is 2.58. The molecule has 0 aliphatic carbocycles. The molecule has 0 atom stereocenters. The molecule has 8 nitrogen and oxygen atoms in total. The third kappa shape index (κ3) is 4.53. The van der Waals surface area contributed by atoms with Crippen molar-refractivity contribution in [1.82, 2.24) is 9.97 Å². The number of hydrogen-bond acceptors (Lipinski definition) is 7. The van der Waals surface area contributed by atoms with Crippen molar-refractivity contribution in [3.05, 3.63) is 41.3 Å². The van der Waals surface area contributed by atoms with Gasteiger partial charge in [-0.25, -0.2) is 15.0 Å². The van der Waals surface area contributed by atoms with Crippen molar-refractivity contribution in [2.24, 2.45) is 9.98 Å². The van der Waals surface area contributed by atoms with E-state index in [4.69, 9.17) is 0 Å². The maximum absolute atomic E-state index is 13.7. The van der Waals surface area contributed by atoms with Gasteiger partial charge in [0.2, 0.25) is 11.9 Å². The van der Waals surface area contributed by atoms with Crippen LogP contribution in [0.15, 0.2) is 34.5 Å². The molecule has 1 N–H and O–H groups in total. The quantitative estimate of drug-likeness (QED) is 0.756. The first kappa shape index (κ1) is 22.7. The van der Waals surface area contributed by atoms with Gasteiger partial charge in [-0.05, 0) is 38.0 Å². The van der Waals surface area contributed by atoms with Crippen LogP contribution >= 0.6 is 0 Å². The van der Waals surface area contributed by atoms with Gasteiger partial charge in [0.05, 0.1) is 41.7 Å². The minimum absolute atomic E-state index is 0.0294. The summed E-state index contributed by atoms with van der Waals surface area (Å²) in [4.78, 5) is 31.8. The molecule has 4 heterocycles. The normalized spacial score (nSPS) is 15.5. The van der Waals surface area contributed by atoms with Gasteiger partial charge in [0, 0.05) is 26.6 Å². The van der Waals surface area contributed by atoms with Crippen LogP contribution in [0.4, 0.5) is 30.4 Å². The molecule has 0 bridgehead atoms. The minimum atomic E-state index is -4.68. The molecular weight excluding hydrogens is 435 g/mol. The summed E-state index contributed by atoms with van der Waals surface area (Å²) in [6.45, 7) is 6.65. The molecule has 0 saturated heterocycles. The van der Waals surface area contributed by atoms with Crippen LogP contribution in [0.25, 0.3) is 0 Å². The number of anilines is 3. The van der Waals surface area contributed by atoms with Crippen LogP contribution < -0.4 is 15.1 Å². The molecule has 0 radical (unpaired) electrons. The fourth-order valence-electron chi connectivity index (χ4n) is 3.80. The lowest BCUT2D eigenvalue weighted by atomic mass is 10.1. The van der Waals surface area contributed by atoms with Crippen LogP contribution in [0.5, 0.6) is 0 Å². The van der Waals surface area contributed by atoms with Gasteiger partial charge in [0.25, 0.3) is 0 Å². The first-order valence-electron chi connectivity index (χ1n) is 10.5. The molecule has 11 heteroatoms. The van der Waals surface area contributed by atoms with Crippen molar-refractivity contribution in [3.8, 4) is 0 Å². The molecule has 2 aromatic rings. The number of aliphatic imine (C=N–C) groups is 2. The second kappa shape index (κ2) is 8.45. The van der Waals surface area contributed by atoms with Gasteiger partial charge in [-0.15, -0.1) is 0 Å². The molecule has 2 aliphatic rings. The van der Waals surface area contributed by atoms with Crippen LogP contribution in [0.3, 0.4) is 0 Å². The van der Waals surface area contributed by atoms with Gasteiger partial charge in [-0.3, -0.25) is 9.78 Å². The van der Waals surface area contributed by atoms with Crippen LogP contribution in [-0.2, 0) is 17.4 Å². The molecule has 174 valence electrons. The lowest BCUT2D eigenvalue weighted by Crippen LogP contribution is -2.28. The number of aromatic nitrogens is 2. The number of pyridine rings is 2. The Bertz CT molecular complexity index is 1160. The summed E-state index contributed by atoms with van der Waals surface area (Å²) in [6.07, 6.45) is -0.762. The van der Waals surface area contributed by atoms with Crippen LogP contribution in [0.1, 0.15) is 37.6 Å². The summed E-state index contributed by atoms with van der Waals surface area (Å²) < 4.78 is 41.0. The number of rotatable bonds is 4. The molecule has 0 spiro atoms. The van der Waals surface area contributed by atoms with Crippen LogP contribution in [0, 0.1) is 0 Å². The lowest BCUT2D eigenvalue weighted by molar-refractivity contribution is -0.137. The van der Waals surface area contributed by atoms with Gasteiger partial charge in [-0.1, -0.05) is 0 Å². The molecule has 2 aliphatic heterocycles. The van der Waals surface area contributed by atoms with E-state index in [-0.39, 0.29) is 18.2 Å². The predicted molar refractivity (Wildman–Crippen MR) is 121 cm³/mol. The molecule has 0 aromatic carbocycles. The first-order valence-corrected chi connectivity index (χ1v) is 10.5. The highest BCUT2D eigenvalue weighted by Crippen LogP contribution is 2.36. The highest BCUT2D eigenvalue weighted by Gasteiger charge is 2.36. The van der Waals surface area contributed by atoms with Gasteiger partial charge in [0.15, 0.2) is 0 Å².